The topological polar surface area (TPSA) is 61.4 Å². The molecule has 0 heterocycles. The van der Waals surface area contributed by atoms with Crippen molar-refractivity contribution in [3.05, 3.63) is 60.2 Å². The van der Waals surface area contributed by atoms with Gasteiger partial charge in [0.05, 0.1) is 0 Å². The van der Waals surface area contributed by atoms with Gasteiger partial charge in [-0.05, 0) is 49.0 Å². The van der Waals surface area contributed by atoms with Crippen LogP contribution in [0.5, 0.6) is 0 Å². The molecule has 0 aromatic heterocycles. The predicted octanol–water partition coefficient (Wildman–Crippen LogP) is 3.97. The van der Waals surface area contributed by atoms with E-state index in [1.54, 1.807) is 36.2 Å². The summed E-state index contributed by atoms with van der Waals surface area (Å²) in [6.07, 6.45) is 2.22. The normalized spacial score (nSPS) is 10.1. The van der Waals surface area contributed by atoms with E-state index in [4.69, 9.17) is 12.2 Å². The Bertz CT molecular complexity index is 778. The van der Waals surface area contributed by atoms with Crippen molar-refractivity contribution in [2.75, 3.05) is 17.3 Å². The molecular weight excluding hydrogens is 346 g/mol. The van der Waals surface area contributed by atoms with Crippen LogP contribution in [0.4, 0.5) is 11.4 Å². The average molecular weight is 369 g/mol. The van der Waals surface area contributed by atoms with E-state index in [9.17, 15) is 9.59 Å². The summed E-state index contributed by atoms with van der Waals surface area (Å²) in [4.78, 5) is 26.0. The van der Waals surface area contributed by atoms with Crippen LogP contribution < -0.4 is 15.5 Å². The van der Waals surface area contributed by atoms with Gasteiger partial charge in [-0.1, -0.05) is 37.6 Å². The van der Waals surface area contributed by atoms with Crippen LogP contribution in [0.25, 0.3) is 0 Å². The number of hydrogen-bond acceptors (Lipinski definition) is 3. The lowest BCUT2D eigenvalue weighted by atomic mass is 10.1. The number of benzene rings is 2. The van der Waals surface area contributed by atoms with Gasteiger partial charge in [0.25, 0.3) is 5.91 Å². The molecule has 0 bridgehead atoms. The molecule has 0 aliphatic rings. The Hall–Kier alpha value is -2.73. The maximum Gasteiger partial charge on any atom is 0.258 e. The van der Waals surface area contributed by atoms with E-state index in [-0.39, 0.29) is 16.9 Å². The van der Waals surface area contributed by atoms with Gasteiger partial charge in [0.2, 0.25) is 5.91 Å². The number of unbranched alkanes of at least 4 members (excludes halogenated alkanes) is 1. The number of nitrogens with one attached hydrogen (secondary N) is 2. The summed E-state index contributed by atoms with van der Waals surface area (Å²) in [5.74, 6) is -0.238. The van der Waals surface area contributed by atoms with Crippen molar-refractivity contribution in [3.8, 4) is 0 Å². The fraction of sp³-hybridized carbons (Fsp3) is 0.250. The monoisotopic (exact) mass is 369 g/mol. The Labute approximate surface area is 159 Å². The number of carbonyl (C=O) groups is 2. The van der Waals surface area contributed by atoms with Gasteiger partial charge in [0.15, 0.2) is 5.11 Å². The summed E-state index contributed by atoms with van der Waals surface area (Å²) >= 11 is 5.16. The summed E-state index contributed by atoms with van der Waals surface area (Å²) in [7, 11) is 1.73. The zero-order valence-electron chi connectivity index (χ0n) is 15.0. The summed E-state index contributed by atoms with van der Waals surface area (Å²) in [6, 6.07) is 16.5. The molecule has 0 fully saturated rings. The highest BCUT2D eigenvalue weighted by atomic mass is 32.1. The molecule has 0 spiro atoms. The lowest BCUT2D eigenvalue weighted by molar-refractivity contribution is -0.119. The lowest BCUT2D eigenvalue weighted by Gasteiger charge is -2.18. The molecule has 2 rings (SSSR count). The molecule has 0 saturated carbocycles. The maximum absolute atomic E-state index is 12.7. The summed E-state index contributed by atoms with van der Waals surface area (Å²) < 4.78 is 0. The molecule has 2 amide bonds. The molecule has 2 aromatic rings. The predicted molar refractivity (Wildman–Crippen MR) is 110 cm³/mol. The number of amides is 2. The molecule has 0 aliphatic carbocycles. The minimum Gasteiger partial charge on any atom is -0.332 e. The molecule has 2 N–H and O–H groups in total. The SMILES string of the molecule is CCCCC(=O)NC(=S)Nc1cccc(C(=O)N(C)c2ccccc2)c1. The van der Waals surface area contributed by atoms with Crippen LogP contribution in [0.3, 0.4) is 0 Å². The molecule has 0 radical (unpaired) electrons. The Kier molecular flexibility index (Phi) is 7.29. The van der Waals surface area contributed by atoms with Crippen LogP contribution in [-0.4, -0.2) is 24.0 Å². The first-order valence-electron chi connectivity index (χ1n) is 8.55. The first-order valence-corrected chi connectivity index (χ1v) is 8.96. The Morgan fingerprint density at radius 1 is 1.08 bits per heavy atom. The van der Waals surface area contributed by atoms with Gasteiger partial charge in [0.1, 0.15) is 0 Å². The summed E-state index contributed by atoms with van der Waals surface area (Å²) in [6.45, 7) is 2.03. The first kappa shape index (κ1) is 19.6. The Morgan fingerprint density at radius 2 is 1.81 bits per heavy atom. The number of para-hydroxylation sites is 1. The molecular formula is C20H23N3O2S. The minimum absolute atomic E-state index is 0.111. The Balaban J connectivity index is 2.02. The second kappa shape index (κ2) is 9.68. The van der Waals surface area contributed by atoms with Gasteiger partial charge in [-0.3, -0.25) is 9.59 Å². The van der Waals surface area contributed by atoms with Crippen molar-refractivity contribution in [2.24, 2.45) is 0 Å². The van der Waals surface area contributed by atoms with Crippen LogP contribution in [0.1, 0.15) is 36.5 Å². The van der Waals surface area contributed by atoms with Crippen LogP contribution in [0.2, 0.25) is 0 Å². The molecule has 136 valence electrons. The van der Waals surface area contributed by atoms with E-state index in [0.29, 0.717) is 17.7 Å². The van der Waals surface area contributed by atoms with Crippen molar-refractivity contribution in [1.29, 1.82) is 0 Å². The zero-order chi connectivity index (χ0) is 18.9. The van der Waals surface area contributed by atoms with Gasteiger partial charge < -0.3 is 15.5 Å². The number of anilines is 2. The van der Waals surface area contributed by atoms with Gasteiger partial charge in [-0.2, -0.15) is 0 Å². The van der Waals surface area contributed by atoms with Crippen molar-refractivity contribution in [1.82, 2.24) is 5.32 Å². The summed E-state index contributed by atoms with van der Waals surface area (Å²) in [5.41, 5.74) is 1.99. The smallest absolute Gasteiger partial charge is 0.258 e. The van der Waals surface area contributed by atoms with Gasteiger partial charge in [-0.15, -0.1) is 0 Å². The minimum atomic E-state index is -0.127. The highest BCUT2D eigenvalue weighted by Crippen LogP contribution is 2.17. The molecule has 5 nitrogen and oxygen atoms in total. The molecule has 26 heavy (non-hydrogen) atoms. The second-order valence-corrected chi connectivity index (χ2v) is 6.29. The lowest BCUT2D eigenvalue weighted by Crippen LogP contribution is -2.34. The fourth-order valence-electron chi connectivity index (χ4n) is 2.38. The molecule has 2 aromatic carbocycles. The van der Waals surface area contributed by atoms with Crippen LogP contribution in [-0.2, 0) is 4.79 Å². The molecule has 0 unspecified atom stereocenters. The standard InChI is InChI=1S/C20H23N3O2S/c1-3-4-13-18(24)22-20(26)21-16-10-8-9-15(14-16)19(25)23(2)17-11-6-5-7-12-17/h5-12,14H,3-4,13H2,1-2H3,(H2,21,22,24,26). The third kappa shape index (κ3) is 5.67. The van der Waals surface area contributed by atoms with E-state index in [0.717, 1.165) is 18.5 Å². The van der Waals surface area contributed by atoms with E-state index in [1.807, 2.05) is 37.3 Å². The summed E-state index contributed by atoms with van der Waals surface area (Å²) in [5, 5.41) is 5.83. The van der Waals surface area contributed by atoms with Gasteiger partial charge >= 0.3 is 0 Å². The first-order chi connectivity index (χ1) is 12.5. The van der Waals surface area contributed by atoms with E-state index in [1.165, 1.54) is 0 Å². The third-order valence-electron chi connectivity index (χ3n) is 3.83. The molecule has 0 saturated heterocycles. The highest BCUT2D eigenvalue weighted by molar-refractivity contribution is 7.80. The molecule has 0 aliphatic heterocycles. The molecule has 0 atom stereocenters. The van der Waals surface area contributed by atoms with Crippen molar-refractivity contribution in [2.45, 2.75) is 26.2 Å². The van der Waals surface area contributed by atoms with Crippen molar-refractivity contribution >= 4 is 40.5 Å². The number of rotatable bonds is 6. The Morgan fingerprint density at radius 3 is 2.50 bits per heavy atom. The largest absolute Gasteiger partial charge is 0.332 e. The average Bonchev–Trinajstić information content (AvgIpc) is 2.66. The van der Waals surface area contributed by atoms with E-state index >= 15 is 0 Å². The van der Waals surface area contributed by atoms with Crippen LogP contribution in [0, 0.1) is 0 Å². The fourth-order valence-corrected chi connectivity index (χ4v) is 2.61. The second-order valence-electron chi connectivity index (χ2n) is 5.89. The van der Waals surface area contributed by atoms with Gasteiger partial charge in [0, 0.05) is 30.4 Å². The van der Waals surface area contributed by atoms with E-state index < -0.39 is 0 Å². The maximum atomic E-state index is 12.7. The highest BCUT2D eigenvalue weighted by Gasteiger charge is 2.14. The molecule has 6 heteroatoms. The van der Waals surface area contributed by atoms with Crippen LogP contribution >= 0.6 is 12.2 Å². The zero-order valence-corrected chi connectivity index (χ0v) is 15.8. The quantitative estimate of drug-likeness (QED) is 0.757. The number of nitrogens with zero attached hydrogens (tertiary/aromatic N) is 1. The number of thiocarbonyl (C=S) groups is 1. The number of hydrogen-bond donors (Lipinski definition) is 2. The van der Waals surface area contributed by atoms with Gasteiger partial charge in [-0.25, -0.2) is 0 Å². The van der Waals surface area contributed by atoms with Crippen molar-refractivity contribution in [3.63, 3.8) is 0 Å². The number of carbonyl (C=O) groups excluding carboxylic acids is 2. The van der Waals surface area contributed by atoms with Crippen LogP contribution in [0.15, 0.2) is 54.6 Å². The van der Waals surface area contributed by atoms with Crippen molar-refractivity contribution < 1.29 is 9.59 Å². The third-order valence-corrected chi connectivity index (χ3v) is 4.03. The van der Waals surface area contributed by atoms with E-state index in [2.05, 4.69) is 10.6 Å².